The highest BCUT2D eigenvalue weighted by Crippen LogP contribution is 2.26. The van der Waals surface area contributed by atoms with Gasteiger partial charge >= 0.3 is 5.97 Å². The maximum absolute atomic E-state index is 13.1. The summed E-state index contributed by atoms with van der Waals surface area (Å²) in [6.07, 6.45) is 0.125. The summed E-state index contributed by atoms with van der Waals surface area (Å²) in [5.74, 6) is -0.787. The van der Waals surface area contributed by atoms with Gasteiger partial charge in [-0.3, -0.25) is 9.80 Å². The zero-order chi connectivity index (χ0) is 18.8. The van der Waals surface area contributed by atoms with Crippen molar-refractivity contribution in [2.24, 2.45) is 11.0 Å². The van der Waals surface area contributed by atoms with E-state index in [0.717, 1.165) is 13.1 Å². The van der Waals surface area contributed by atoms with Gasteiger partial charge in [0.2, 0.25) is 0 Å². The second-order valence-corrected chi connectivity index (χ2v) is 7.36. The lowest BCUT2D eigenvalue weighted by Gasteiger charge is -2.42. The molecule has 2 aliphatic rings. The van der Waals surface area contributed by atoms with Crippen LogP contribution in [0.1, 0.15) is 20.3 Å². The molecule has 0 bridgehead atoms. The molecule has 2 atom stereocenters. The maximum atomic E-state index is 13.1. The Morgan fingerprint density at radius 1 is 1.19 bits per heavy atom. The number of benzene rings is 1. The van der Waals surface area contributed by atoms with E-state index in [4.69, 9.17) is 0 Å². The predicted molar refractivity (Wildman–Crippen MR) is 100 cm³/mol. The fourth-order valence-electron chi connectivity index (χ4n) is 3.59. The van der Waals surface area contributed by atoms with Crippen molar-refractivity contribution in [2.45, 2.75) is 32.4 Å². The first-order chi connectivity index (χ1) is 12.4. The van der Waals surface area contributed by atoms with Gasteiger partial charge in [0.25, 0.3) is 5.91 Å². The molecule has 26 heavy (non-hydrogen) atoms. The molecule has 0 radical (unpaired) electrons. The Morgan fingerprint density at radius 2 is 1.88 bits per heavy atom. The third-order valence-corrected chi connectivity index (χ3v) is 5.12. The third-order valence-electron chi connectivity index (χ3n) is 5.12. The molecule has 1 fully saturated rings. The Kier molecular flexibility index (Phi) is 5.27. The number of likely N-dealkylation sites (N-methyl/N-ethyl adjacent to an activating group) is 1. The summed E-state index contributed by atoms with van der Waals surface area (Å²) in [6, 6.07) is 8.40. The second-order valence-electron chi connectivity index (χ2n) is 7.36. The van der Waals surface area contributed by atoms with E-state index in [9.17, 15) is 14.7 Å². The lowest BCUT2D eigenvalue weighted by Crippen LogP contribution is -2.57. The van der Waals surface area contributed by atoms with Gasteiger partial charge in [0, 0.05) is 32.1 Å². The lowest BCUT2D eigenvalue weighted by atomic mass is 9.98. The van der Waals surface area contributed by atoms with Gasteiger partial charge < -0.3 is 14.9 Å². The van der Waals surface area contributed by atoms with Gasteiger partial charge in [-0.15, -0.1) is 0 Å². The molecule has 1 aromatic carbocycles. The first-order valence-corrected chi connectivity index (χ1v) is 9.02. The Bertz CT molecular complexity index is 704. The van der Waals surface area contributed by atoms with Gasteiger partial charge in [0.05, 0.1) is 5.69 Å². The highest BCUT2D eigenvalue weighted by Gasteiger charge is 2.40. The SMILES string of the molecule is CC(C)C1CN(C)CCN1C(=O)C1=NN(c2ccccc2)C(C(=O)O)C1. The fourth-order valence-corrected chi connectivity index (χ4v) is 3.59. The summed E-state index contributed by atoms with van der Waals surface area (Å²) in [4.78, 5) is 28.9. The van der Waals surface area contributed by atoms with E-state index in [-0.39, 0.29) is 18.4 Å². The van der Waals surface area contributed by atoms with Crippen LogP contribution in [0.3, 0.4) is 0 Å². The van der Waals surface area contributed by atoms with Crippen molar-refractivity contribution in [2.75, 3.05) is 31.7 Å². The minimum absolute atomic E-state index is 0.109. The number of rotatable bonds is 4. The fraction of sp³-hybridized carbons (Fsp3) is 0.526. The van der Waals surface area contributed by atoms with Crippen LogP contribution in [-0.2, 0) is 9.59 Å². The largest absolute Gasteiger partial charge is 0.480 e. The standard InChI is InChI=1S/C19H26N4O3/c1-13(2)17-12-21(3)9-10-22(17)18(24)15-11-16(19(25)26)23(20-15)14-7-5-4-6-8-14/h4-8,13,16-17H,9-12H2,1-3H3,(H,25,26). The van der Waals surface area contributed by atoms with E-state index in [1.165, 1.54) is 5.01 Å². The number of piperazine rings is 1. The minimum Gasteiger partial charge on any atom is -0.480 e. The minimum atomic E-state index is -0.973. The molecule has 7 nitrogen and oxygen atoms in total. The number of hydrogen-bond donors (Lipinski definition) is 1. The van der Waals surface area contributed by atoms with Crippen LogP contribution in [0.15, 0.2) is 35.4 Å². The first kappa shape index (κ1) is 18.4. The summed E-state index contributed by atoms with van der Waals surface area (Å²) in [5.41, 5.74) is 1.01. The van der Waals surface area contributed by atoms with Crippen LogP contribution in [0, 0.1) is 5.92 Å². The van der Waals surface area contributed by atoms with E-state index in [2.05, 4.69) is 30.9 Å². The summed E-state index contributed by atoms with van der Waals surface area (Å²) in [7, 11) is 2.06. The van der Waals surface area contributed by atoms with Crippen LogP contribution in [0.2, 0.25) is 0 Å². The number of carboxylic acid groups (broad SMARTS) is 1. The van der Waals surface area contributed by atoms with Crippen LogP contribution in [0.4, 0.5) is 5.69 Å². The highest BCUT2D eigenvalue weighted by atomic mass is 16.4. The predicted octanol–water partition coefficient (Wildman–Crippen LogP) is 1.50. The van der Waals surface area contributed by atoms with Crippen molar-refractivity contribution in [3.63, 3.8) is 0 Å². The Balaban J connectivity index is 1.85. The number of hydrogen-bond acceptors (Lipinski definition) is 5. The average molecular weight is 358 g/mol. The van der Waals surface area contributed by atoms with Gasteiger partial charge in [-0.05, 0) is 25.1 Å². The maximum Gasteiger partial charge on any atom is 0.328 e. The zero-order valence-electron chi connectivity index (χ0n) is 15.5. The number of para-hydroxylation sites is 1. The van der Waals surface area contributed by atoms with Crippen molar-refractivity contribution in [3.05, 3.63) is 30.3 Å². The number of nitrogens with zero attached hydrogens (tertiary/aromatic N) is 4. The molecular weight excluding hydrogens is 332 g/mol. The molecule has 0 saturated carbocycles. The molecule has 2 heterocycles. The third kappa shape index (κ3) is 3.58. The molecule has 2 unspecified atom stereocenters. The number of carboxylic acids is 1. The molecule has 140 valence electrons. The molecular formula is C19H26N4O3. The Hall–Kier alpha value is -2.41. The second kappa shape index (κ2) is 7.45. The first-order valence-electron chi connectivity index (χ1n) is 9.02. The van der Waals surface area contributed by atoms with Crippen LogP contribution in [-0.4, -0.2) is 71.3 Å². The summed E-state index contributed by atoms with van der Waals surface area (Å²) in [6.45, 7) is 6.49. The molecule has 1 aromatic rings. The van der Waals surface area contributed by atoms with E-state index in [0.29, 0.717) is 23.9 Å². The van der Waals surface area contributed by atoms with E-state index in [1.807, 2.05) is 23.1 Å². The highest BCUT2D eigenvalue weighted by molar-refractivity contribution is 6.40. The van der Waals surface area contributed by atoms with Gasteiger partial charge in [-0.2, -0.15) is 5.10 Å². The van der Waals surface area contributed by atoms with Gasteiger partial charge in [-0.25, -0.2) is 4.79 Å². The van der Waals surface area contributed by atoms with Crippen LogP contribution in [0.5, 0.6) is 0 Å². The summed E-state index contributed by atoms with van der Waals surface area (Å²) < 4.78 is 0. The Morgan fingerprint density at radius 3 is 2.50 bits per heavy atom. The molecule has 1 saturated heterocycles. The van der Waals surface area contributed by atoms with Gasteiger partial charge in [-0.1, -0.05) is 32.0 Å². The molecule has 7 heteroatoms. The molecule has 0 aliphatic carbocycles. The number of hydrazone groups is 1. The Labute approximate surface area is 153 Å². The molecule has 0 spiro atoms. The molecule has 1 amide bonds. The van der Waals surface area contributed by atoms with Crippen molar-refractivity contribution in [1.82, 2.24) is 9.80 Å². The number of amides is 1. The van der Waals surface area contributed by atoms with Crippen molar-refractivity contribution in [3.8, 4) is 0 Å². The van der Waals surface area contributed by atoms with E-state index in [1.54, 1.807) is 12.1 Å². The van der Waals surface area contributed by atoms with E-state index >= 15 is 0 Å². The van der Waals surface area contributed by atoms with Crippen molar-refractivity contribution >= 4 is 23.3 Å². The topological polar surface area (TPSA) is 76.5 Å². The quantitative estimate of drug-likeness (QED) is 0.883. The van der Waals surface area contributed by atoms with Gasteiger partial charge in [0.1, 0.15) is 5.71 Å². The number of aliphatic carboxylic acids is 1. The van der Waals surface area contributed by atoms with Crippen LogP contribution < -0.4 is 5.01 Å². The van der Waals surface area contributed by atoms with Crippen molar-refractivity contribution < 1.29 is 14.7 Å². The monoisotopic (exact) mass is 358 g/mol. The molecule has 2 aliphatic heterocycles. The average Bonchev–Trinajstić information content (AvgIpc) is 3.07. The lowest BCUT2D eigenvalue weighted by molar-refractivity contribution is -0.138. The van der Waals surface area contributed by atoms with Gasteiger partial charge in [0.15, 0.2) is 6.04 Å². The molecule has 0 aromatic heterocycles. The van der Waals surface area contributed by atoms with Crippen molar-refractivity contribution in [1.29, 1.82) is 0 Å². The number of carbonyl (C=O) groups is 2. The normalized spacial score (nSPS) is 24.1. The summed E-state index contributed by atoms with van der Waals surface area (Å²) >= 11 is 0. The smallest absolute Gasteiger partial charge is 0.328 e. The molecule has 3 rings (SSSR count). The zero-order valence-corrected chi connectivity index (χ0v) is 15.5. The van der Waals surface area contributed by atoms with Crippen LogP contribution >= 0.6 is 0 Å². The summed E-state index contributed by atoms with van der Waals surface area (Å²) in [5, 5.41) is 15.5. The number of carbonyl (C=O) groups excluding carboxylic acids is 1. The van der Waals surface area contributed by atoms with E-state index < -0.39 is 12.0 Å². The number of anilines is 1. The van der Waals surface area contributed by atoms with Crippen LogP contribution in [0.25, 0.3) is 0 Å². The molecule has 1 N–H and O–H groups in total.